The van der Waals surface area contributed by atoms with Crippen LogP contribution < -0.4 is 0 Å². The number of methoxy groups -OCH3 is 1. The van der Waals surface area contributed by atoms with Gasteiger partial charge in [-0.05, 0) is 0 Å². The molecule has 1 rings (SSSR count). The standard InChI is InChI=1S/C7H12O7/c1-13-7-4(10)2(8)3(9)5(14-7)6(11)12/h2-5,7-10H,1H3,(H,11,12)/t2-,3+,4-,5+,7?/m1/s1. The number of carboxylic acids is 1. The molecule has 0 spiro atoms. The fourth-order valence-electron chi connectivity index (χ4n) is 1.25. The summed E-state index contributed by atoms with van der Waals surface area (Å²) in [6.45, 7) is 0. The van der Waals surface area contributed by atoms with Gasteiger partial charge in [-0.1, -0.05) is 0 Å². The van der Waals surface area contributed by atoms with Crippen molar-refractivity contribution in [2.24, 2.45) is 0 Å². The van der Waals surface area contributed by atoms with Gasteiger partial charge in [0.25, 0.3) is 0 Å². The Morgan fingerprint density at radius 1 is 1.21 bits per heavy atom. The largest absolute Gasteiger partial charge is 0.479 e. The second kappa shape index (κ2) is 4.20. The fraction of sp³-hybridized carbons (Fsp3) is 0.857. The van der Waals surface area contributed by atoms with Crippen LogP contribution in [0.25, 0.3) is 0 Å². The molecule has 1 fully saturated rings. The molecule has 4 N–H and O–H groups in total. The smallest absolute Gasteiger partial charge is 0.335 e. The third-order valence-corrected chi connectivity index (χ3v) is 2.05. The lowest BCUT2D eigenvalue weighted by Crippen LogP contribution is -2.60. The van der Waals surface area contributed by atoms with Gasteiger partial charge in [-0.15, -0.1) is 0 Å². The molecule has 5 atom stereocenters. The molecule has 7 heteroatoms. The molecule has 82 valence electrons. The molecule has 1 unspecified atom stereocenters. The summed E-state index contributed by atoms with van der Waals surface area (Å²) >= 11 is 0. The summed E-state index contributed by atoms with van der Waals surface area (Å²) < 4.78 is 9.31. The number of aliphatic carboxylic acids is 1. The summed E-state index contributed by atoms with van der Waals surface area (Å²) in [5.74, 6) is -1.43. The number of aliphatic hydroxyl groups excluding tert-OH is 3. The van der Waals surface area contributed by atoms with Crippen molar-refractivity contribution in [3.63, 3.8) is 0 Å². The third kappa shape index (κ3) is 1.86. The van der Waals surface area contributed by atoms with E-state index in [9.17, 15) is 20.1 Å². The molecule has 0 aliphatic carbocycles. The van der Waals surface area contributed by atoms with E-state index in [0.29, 0.717) is 0 Å². The van der Waals surface area contributed by atoms with Gasteiger partial charge in [0.15, 0.2) is 12.4 Å². The summed E-state index contributed by atoms with van der Waals surface area (Å²) in [6, 6.07) is 0. The van der Waals surface area contributed by atoms with Gasteiger partial charge in [-0.25, -0.2) is 4.79 Å². The Bertz CT molecular complexity index is 216. The lowest BCUT2D eigenvalue weighted by molar-refractivity contribution is -0.287. The number of ether oxygens (including phenoxy) is 2. The van der Waals surface area contributed by atoms with Crippen molar-refractivity contribution >= 4 is 5.97 Å². The van der Waals surface area contributed by atoms with Crippen molar-refractivity contribution in [1.29, 1.82) is 0 Å². The van der Waals surface area contributed by atoms with Gasteiger partial charge in [0, 0.05) is 7.11 Å². The van der Waals surface area contributed by atoms with Gasteiger partial charge in [0.05, 0.1) is 0 Å². The van der Waals surface area contributed by atoms with Crippen molar-refractivity contribution in [2.45, 2.75) is 30.7 Å². The topological polar surface area (TPSA) is 116 Å². The van der Waals surface area contributed by atoms with E-state index < -0.39 is 36.7 Å². The van der Waals surface area contributed by atoms with Crippen molar-refractivity contribution in [2.75, 3.05) is 7.11 Å². The fourth-order valence-corrected chi connectivity index (χ4v) is 1.25. The minimum absolute atomic E-state index is 1.19. The van der Waals surface area contributed by atoms with E-state index in [1.807, 2.05) is 0 Å². The summed E-state index contributed by atoms with van der Waals surface area (Å²) in [6.07, 6.45) is -7.60. The molecule has 0 aromatic heterocycles. The summed E-state index contributed by atoms with van der Waals surface area (Å²) in [5.41, 5.74) is 0. The van der Waals surface area contributed by atoms with E-state index >= 15 is 0 Å². The number of carbonyl (C=O) groups is 1. The number of hydrogen-bond acceptors (Lipinski definition) is 6. The molecule has 0 bridgehead atoms. The molecule has 0 amide bonds. The Morgan fingerprint density at radius 3 is 2.21 bits per heavy atom. The highest BCUT2D eigenvalue weighted by atomic mass is 16.7. The molecule has 7 nitrogen and oxygen atoms in total. The zero-order chi connectivity index (χ0) is 10.9. The number of rotatable bonds is 2. The number of aliphatic hydroxyl groups is 3. The maximum absolute atomic E-state index is 10.5. The Hall–Kier alpha value is -0.730. The van der Waals surface area contributed by atoms with Gasteiger partial charge in [0.2, 0.25) is 0 Å². The van der Waals surface area contributed by atoms with Crippen molar-refractivity contribution < 1.29 is 34.7 Å². The SMILES string of the molecule is COC1O[C@H](C(=O)O)[C@@H](O)[C@@H](O)[C@H]1O. The van der Waals surface area contributed by atoms with Gasteiger partial charge in [-0.2, -0.15) is 0 Å². The molecule has 14 heavy (non-hydrogen) atoms. The Morgan fingerprint density at radius 2 is 1.79 bits per heavy atom. The van der Waals surface area contributed by atoms with E-state index in [2.05, 4.69) is 4.74 Å². The van der Waals surface area contributed by atoms with E-state index in [-0.39, 0.29) is 0 Å². The predicted molar refractivity (Wildman–Crippen MR) is 41.3 cm³/mol. The van der Waals surface area contributed by atoms with Crippen LogP contribution in [0.4, 0.5) is 0 Å². The Kier molecular flexibility index (Phi) is 3.40. The first-order chi connectivity index (χ1) is 6.49. The predicted octanol–water partition coefficient (Wildman–Crippen LogP) is -2.47. The molecule has 0 saturated carbocycles. The molecule has 0 radical (unpaired) electrons. The van der Waals surface area contributed by atoms with Gasteiger partial charge >= 0.3 is 5.97 Å². The van der Waals surface area contributed by atoms with Gasteiger partial charge in [-0.3, -0.25) is 0 Å². The molecule has 1 heterocycles. The first-order valence-corrected chi connectivity index (χ1v) is 3.94. The van der Waals surface area contributed by atoms with Gasteiger partial charge in [0.1, 0.15) is 18.3 Å². The second-order valence-electron chi connectivity index (χ2n) is 2.97. The maximum Gasteiger partial charge on any atom is 0.335 e. The average molecular weight is 208 g/mol. The van der Waals surface area contributed by atoms with Crippen LogP contribution >= 0.6 is 0 Å². The van der Waals surface area contributed by atoms with Crippen molar-refractivity contribution in [1.82, 2.24) is 0 Å². The molecule has 1 aliphatic rings. The zero-order valence-corrected chi connectivity index (χ0v) is 7.40. The highest BCUT2D eigenvalue weighted by Gasteiger charge is 2.46. The van der Waals surface area contributed by atoms with Gasteiger partial charge < -0.3 is 29.9 Å². The highest BCUT2D eigenvalue weighted by Crippen LogP contribution is 2.21. The molecule has 1 aliphatic heterocycles. The maximum atomic E-state index is 10.5. The quantitative estimate of drug-likeness (QED) is 0.397. The second-order valence-corrected chi connectivity index (χ2v) is 2.97. The molecular weight excluding hydrogens is 196 g/mol. The lowest BCUT2D eigenvalue weighted by Gasteiger charge is -2.37. The number of hydrogen-bond donors (Lipinski definition) is 4. The first-order valence-electron chi connectivity index (χ1n) is 3.94. The van der Waals surface area contributed by atoms with Crippen LogP contribution in [0.15, 0.2) is 0 Å². The van der Waals surface area contributed by atoms with E-state index in [1.165, 1.54) is 7.11 Å². The van der Waals surface area contributed by atoms with Crippen molar-refractivity contribution in [3.8, 4) is 0 Å². The van der Waals surface area contributed by atoms with E-state index in [1.54, 1.807) is 0 Å². The normalized spacial score (nSPS) is 43.6. The molecular formula is C7H12O7. The van der Waals surface area contributed by atoms with E-state index in [0.717, 1.165) is 0 Å². The van der Waals surface area contributed by atoms with Crippen LogP contribution in [0.3, 0.4) is 0 Å². The van der Waals surface area contributed by atoms with Crippen LogP contribution in [0, 0.1) is 0 Å². The summed E-state index contributed by atoms with van der Waals surface area (Å²) in [5, 5.41) is 36.3. The van der Waals surface area contributed by atoms with Crippen LogP contribution in [0.1, 0.15) is 0 Å². The Balaban J connectivity index is 2.78. The number of carboxylic acid groups (broad SMARTS) is 1. The molecule has 1 saturated heterocycles. The first kappa shape index (κ1) is 11.3. The van der Waals surface area contributed by atoms with E-state index in [4.69, 9.17) is 9.84 Å². The third-order valence-electron chi connectivity index (χ3n) is 2.05. The van der Waals surface area contributed by atoms with Crippen LogP contribution in [-0.4, -0.2) is 64.2 Å². The van der Waals surface area contributed by atoms with Crippen LogP contribution in [0.2, 0.25) is 0 Å². The van der Waals surface area contributed by atoms with Crippen molar-refractivity contribution in [3.05, 3.63) is 0 Å². The summed E-state index contributed by atoms with van der Waals surface area (Å²) in [7, 11) is 1.19. The monoisotopic (exact) mass is 208 g/mol. The Labute approximate surface area is 79.5 Å². The minimum Gasteiger partial charge on any atom is -0.479 e. The summed E-state index contributed by atoms with van der Waals surface area (Å²) in [4.78, 5) is 10.5. The average Bonchev–Trinajstić information content (AvgIpc) is 2.14. The lowest BCUT2D eigenvalue weighted by atomic mass is 9.99. The molecule has 0 aromatic carbocycles. The highest BCUT2D eigenvalue weighted by molar-refractivity contribution is 5.73. The zero-order valence-electron chi connectivity index (χ0n) is 7.40. The van der Waals surface area contributed by atoms with Crippen LogP contribution in [0.5, 0.6) is 0 Å². The minimum atomic E-state index is -1.67. The molecule has 0 aromatic rings. The van der Waals surface area contributed by atoms with Crippen LogP contribution in [-0.2, 0) is 14.3 Å².